The van der Waals surface area contributed by atoms with Gasteiger partial charge in [-0.25, -0.2) is 9.97 Å². The van der Waals surface area contributed by atoms with Crippen LogP contribution in [0, 0.1) is 0 Å². The molecule has 0 unspecified atom stereocenters. The number of nitrogens with zero attached hydrogens (tertiary/aromatic N) is 2. The Balaban J connectivity index is 1.52. The van der Waals surface area contributed by atoms with Crippen LogP contribution >= 0.6 is 0 Å². The van der Waals surface area contributed by atoms with E-state index in [0.717, 1.165) is 36.3 Å². The van der Waals surface area contributed by atoms with Gasteiger partial charge >= 0.3 is 0 Å². The minimum absolute atomic E-state index is 0.312. The van der Waals surface area contributed by atoms with Crippen molar-refractivity contribution >= 4 is 0 Å². The van der Waals surface area contributed by atoms with Gasteiger partial charge in [-0.15, -0.1) is 0 Å². The maximum atomic E-state index is 5.78. The minimum Gasteiger partial charge on any atom is -0.496 e. The lowest BCUT2D eigenvalue weighted by Crippen LogP contribution is -2.45. The van der Waals surface area contributed by atoms with Crippen molar-refractivity contribution in [3.8, 4) is 17.1 Å². The van der Waals surface area contributed by atoms with E-state index in [4.69, 9.17) is 9.47 Å². The van der Waals surface area contributed by atoms with Crippen molar-refractivity contribution in [1.82, 2.24) is 15.3 Å². The van der Waals surface area contributed by atoms with Crippen molar-refractivity contribution < 1.29 is 9.47 Å². The van der Waals surface area contributed by atoms with E-state index in [1.165, 1.54) is 0 Å². The molecular formula is C19H25N3O2. The first-order chi connectivity index (χ1) is 11.7. The molecule has 1 aromatic heterocycles. The third-order valence-corrected chi connectivity index (χ3v) is 4.21. The highest BCUT2D eigenvalue weighted by Crippen LogP contribution is 2.27. The van der Waals surface area contributed by atoms with Crippen molar-refractivity contribution in [2.75, 3.05) is 7.11 Å². The minimum atomic E-state index is 0.312. The molecule has 1 aromatic carbocycles. The van der Waals surface area contributed by atoms with E-state index >= 15 is 0 Å². The van der Waals surface area contributed by atoms with Crippen molar-refractivity contribution in [3.63, 3.8) is 0 Å². The normalized spacial score (nSPS) is 20.0. The van der Waals surface area contributed by atoms with Crippen LogP contribution in [0.4, 0.5) is 0 Å². The number of rotatable bonds is 7. The second kappa shape index (κ2) is 7.73. The molecule has 1 aliphatic rings. The maximum Gasteiger partial charge on any atom is 0.162 e. The van der Waals surface area contributed by atoms with Gasteiger partial charge < -0.3 is 14.8 Å². The molecule has 0 spiro atoms. The number of benzene rings is 1. The molecule has 0 bridgehead atoms. The molecule has 0 saturated heterocycles. The average Bonchev–Trinajstić information content (AvgIpc) is 2.57. The molecule has 24 heavy (non-hydrogen) atoms. The number of methoxy groups -OCH3 is 1. The first-order valence-electron chi connectivity index (χ1n) is 8.49. The van der Waals surface area contributed by atoms with E-state index in [2.05, 4.69) is 29.1 Å². The van der Waals surface area contributed by atoms with Gasteiger partial charge in [-0.05, 0) is 38.8 Å². The molecule has 0 amide bonds. The molecule has 1 N–H and O–H groups in total. The molecule has 5 nitrogen and oxygen atoms in total. The first-order valence-corrected chi connectivity index (χ1v) is 8.49. The Morgan fingerprint density at radius 1 is 1.17 bits per heavy atom. The van der Waals surface area contributed by atoms with Gasteiger partial charge in [0.25, 0.3) is 0 Å². The van der Waals surface area contributed by atoms with Crippen LogP contribution in [0.2, 0.25) is 0 Å². The summed E-state index contributed by atoms with van der Waals surface area (Å²) in [6, 6.07) is 8.32. The van der Waals surface area contributed by atoms with Gasteiger partial charge in [-0.3, -0.25) is 0 Å². The second-order valence-corrected chi connectivity index (χ2v) is 6.47. The predicted octanol–water partition coefficient (Wildman–Crippen LogP) is 3.20. The van der Waals surface area contributed by atoms with Crippen LogP contribution < -0.4 is 10.1 Å². The fourth-order valence-corrected chi connectivity index (χ4v) is 2.91. The highest BCUT2D eigenvalue weighted by Gasteiger charge is 2.29. The monoisotopic (exact) mass is 327 g/mol. The van der Waals surface area contributed by atoms with E-state index in [0.29, 0.717) is 24.1 Å². The van der Waals surface area contributed by atoms with Gasteiger partial charge in [0.2, 0.25) is 0 Å². The summed E-state index contributed by atoms with van der Waals surface area (Å²) in [5.74, 6) is 1.47. The maximum absolute atomic E-state index is 5.78. The zero-order valence-electron chi connectivity index (χ0n) is 14.5. The van der Waals surface area contributed by atoms with E-state index in [9.17, 15) is 0 Å². The Morgan fingerprint density at radius 3 is 2.54 bits per heavy atom. The highest BCUT2D eigenvalue weighted by atomic mass is 16.5. The Morgan fingerprint density at radius 2 is 1.88 bits per heavy atom. The lowest BCUT2D eigenvalue weighted by molar-refractivity contribution is -0.0500. The van der Waals surface area contributed by atoms with E-state index in [1.54, 1.807) is 7.11 Å². The summed E-state index contributed by atoms with van der Waals surface area (Å²) >= 11 is 0. The van der Waals surface area contributed by atoms with Gasteiger partial charge in [0, 0.05) is 30.5 Å². The predicted molar refractivity (Wildman–Crippen MR) is 93.9 cm³/mol. The molecule has 0 aliphatic heterocycles. The molecule has 1 heterocycles. The number of para-hydroxylation sites is 1. The van der Waals surface area contributed by atoms with Crippen LogP contribution in [-0.4, -0.2) is 35.3 Å². The molecule has 5 heteroatoms. The van der Waals surface area contributed by atoms with Crippen LogP contribution in [0.5, 0.6) is 5.75 Å². The van der Waals surface area contributed by atoms with E-state index < -0.39 is 0 Å². The van der Waals surface area contributed by atoms with Gasteiger partial charge in [-0.2, -0.15) is 0 Å². The Bertz CT molecular complexity index is 652. The van der Waals surface area contributed by atoms with Gasteiger partial charge in [-0.1, -0.05) is 12.1 Å². The standard InChI is InChI=1S/C19H25N3O2/c1-13(2)24-16-8-15(9-16)20-10-14-11-21-19(22-12-14)17-6-4-5-7-18(17)23-3/h4-7,11-13,15-16,20H,8-10H2,1-3H3. The average molecular weight is 327 g/mol. The van der Waals surface area contributed by atoms with Gasteiger partial charge in [0.05, 0.1) is 24.9 Å². The lowest BCUT2D eigenvalue weighted by atomic mass is 9.89. The zero-order chi connectivity index (χ0) is 16.9. The summed E-state index contributed by atoms with van der Waals surface area (Å²) in [6.45, 7) is 4.95. The molecule has 2 aromatic rings. The third-order valence-electron chi connectivity index (χ3n) is 4.21. The van der Waals surface area contributed by atoms with Crippen molar-refractivity contribution in [2.24, 2.45) is 0 Å². The lowest BCUT2D eigenvalue weighted by Gasteiger charge is -2.36. The van der Waals surface area contributed by atoms with Crippen LogP contribution in [-0.2, 0) is 11.3 Å². The Hall–Kier alpha value is -1.98. The summed E-state index contributed by atoms with van der Waals surface area (Å²) in [7, 11) is 1.66. The quantitative estimate of drug-likeness (QED) is 0.846. The van der Waals surface area contributed by atoms with Crippen LogP contribution in [0.25, 0.3) is 11.4 Å². The Labute approximate surface area is 143 Å². The van der Waals surface area contributed by atoms with Gasteiger partial charge in [0.1, 0.15) is 5.75 Å². The van der Waals surface area contributed by atoms with Crippen molar-refractivity contribution in [1.29, 1.82) is 0 Å². The zero-order valence-corrected chi connectivity index (χ0v) is 14.5. The molecule has 1 saturated carbocycles. The topological polar surface area (TPSA) is 56.3 Å². The molecule has 1 aliphatic carbocycles. The fraction of sp³-hybridized carbons (Fsp3) is 0.474. The third kappa shape index (κ3) is 4.10. The van der Waals surface area contributed by atoms with Crippen LogP contribution in [0.3, 0.4) is 0 Å². The molecule has 0 radical (unpaired) electrons. The molecule has 1 fully saturated rings. The molecule has 0 atom stereocenters. The van der Waals surface area contributed by atoms with Crippen molar-refractivity contribution in [3.05, 3.63) is 42.2 Å². The summed E-state index contributed by atoms with van der Waals surface area (Å²) in [6.07, 6.45) is 6.64. The molecule has 128 valence electrons. The van der Waals surface area contributed by atoms with Crippen LogP contribution in [0.15, 0.2) is 36.7 Å². The summed E-state index contributed by atoms with van der Waals surface area (Å²) < 4.78 is 11.1. The van der Waals surface area contributed by atoms with E-state index in [-0.39, 0.29) is 0 Å². The van der Waals surface area contributed by atoms with Crippen LogP contribution in [0.1, 0.15) is 32.3 Å². The fourth-order valence-electron chi connectivity index (χ4n) is 2.91. The largest absolute Gasteiger partial charge is 0.496 e. The summed E-state index contributed by atoms with van der Waals surface area (Å²) in [5, 5.41) is 3.54. The SMILES string of the molecule is COc1ccccc1-c1ncc(CNC2CC(OC(C)C)C2)cn1. The number of hydrogen-bond acceptors (Lipinski definition) is 5. The highest BCUT2D eigenvalue weighted by molar-refractivity contribution is 5.63. The van der Waals surface area contributed by atoms with Gasteiger partial charge in [0.15, 0.2) is 5.82 Å². The molecular weight excluding hydrogens is 302 g/mol. The first kappa shape index (κ1) is 16.9. The number of aromatic nitrogens is 2. The van der Waals surface area contributed by atoms with Crippen molar-refractivity contribution in [2.45, 2.75) is 51.5 Å². The number of nitrogens with one attached hydrogen (secondary N) is 1. The smallest absolute Gasteiger partial charge is 0.162 e. The Kier molecular flexibility index (Phi) is 5.43. The number of hydrogen-bond donors (Lipinski definition) is 1. The second-order valence-electron chi connectivity index (χ2n) is 6.47. The summed E-state index contributed by atoms with van der Waals surface area (Å²) in [4.78, 5) is 8.96. The molecule has 3 rings (SSSR count). The summed E-state index contributed by atoms with van der Waals surface area (Å²) in [5.41, 5.74) is 1.99. The number of ether oxygens (including phenoxy) is 2. The van der Waals surface area contributed by atoms with E-state index in [1.807, 2.05) is 36.7 Å².